The van der Waals surface area contributed by atoms with Gasteiger partial charge in [-0.05, 0) is 49.4 Å². The summed E-state index contributed by atoms with van der Waals surface area (Å²) in [5, 5.41) is 3.06. The fourth-order valence-electron chi connectivity index (χ4n) is 5.22. The van der Waals surface area contributed by atoms with Gasteiger partial charge in [-0.2, -0.15) is 0 Å². The number of amides is 4. The topological polar surface area (TPSA) is 86.8 Å². The molecule has 1 N–H and O–H groups in total. The van der Waals surface area contributed by atoms with Crippen molar-refractivity contribution in [1.82, 2.24) is 15.1 Å². The Kier molecular flexibility index (Phi) is 9.73. The number of likely N-dealkylation sites (tertiary alicyclic amines) is 1. The minimum absolute atomic E-state index is 0.0192. The molecule has 2 aromatic rings. The zero-order valence-electron chi connectivity index (χ0n) is 22.5. The van der Waals surface area contributed by atoms with Crippen LogP contribution in [0.4, 0.5) is 0 Å². The highest BCUT2D eigenvalue weighted by atomic mass is 79.9. The second-order valence-corrected chi connectivity index (χ2v) is 11.3. The lowest BCUT2D eigenvalue weighted by atomic mass is 9.85. The molecule has 8 heteroatoms. The fraction of sp³-hybridized carbons (Fsp3) is 0.419. The highest BCUT2D eigenvalue weighted by Crippen LogP contribution is 2.35. The SMILES string of the molecule is CC[C@H](C)NC(=O)[C@H](Cc1ccccc1)N(Cc1ccc(Br)cc1)C(=O)CCN1C(=O)[C@H]2CC=CC[C@H]2C1=O. The van der Waals surface area contributed by atoms with Gasteiger partial charge >= 0.3 is 0 Å². The predicted octanol–water partition coefficient (Wildman–Crippen LogP) is 4.65. The van der Waals surface area contributed by atoms with E-state index in [-0.39, 0.29) is 61.0 Å². The van der Waals surface area contributed by atoms with Crippen molar-refractivity contribution in [2.24, 2.45) is 11.8 Å². The molecule has 0 saturated carbocycles. The molecule has 0 unspecified atom stereocenters. The standard InChI is InChI=1S/C31H36BrN3O4/c1-3-21(2)33-29(37)27(19-22-9-5-4-6-10-22)35(20-23-13-15-24(32)16-14-23)28(36)17-18-34-30(38)25-11-7-8-12-26(25)31(34)39/h4-10,13-16,21,25-27H,3,11-12,17-20H2,1-2H3,(H,33,37)/t21-,25-,26+,27-/m0/s1. The van der Waals surface area contributed by atoms with E-state index in [9.17, 15) is 19.2 Å². The molecular formula is C31H36BrN3O4. The normalized spacial score (nSPS) is 19.9. The first-order valence-corrected chi connectivity index (χ1v) is 14.5. The fourth-order valence-corrected chi connectivity index (χ4v) is 5.49. The van der Waals surface area contributed by atoms with Crippen molar-refractivity contribution >= 4 is 39.6 Å². The summed E-state index contributed by atoms with van der Waals surface area (Å²) in [4.78, 5) is 56.3. The van der Waals surface area contributed by atoms with Crippen LogP contribution in [0.1, 0.15) is 50.7 Å². The Morgan fingerprint density at radius 3 is 2.18 bits per heavy atom. The molecule has 2 aromatic carbocycles. The van der Waals surface area contributed by atoms with E-state index in [1.54, 1.807) is 4.90 Å². The van der Waals surface area contributed by atoms with Crippen LogP contribution in [-0.2, 0) is 32.1 Å². The van der Waals surface area contributed by atoms with Gasteiger partial charge in [-0.25, -0.2) is 0 Å². The number of nitrogens with one attached hydrogen (secondary N) is 1. The lowest BCUT2D eigenvalue weighted by molar-refractivity contribution is -0.144. The first-order valence-electron chi connectivity index (χ1n) is 13.7. The molecule has 4 atom stereocenters. The summed E-state index contributed by atoms with van der Waals surface area (Å²) in [6.45, 7) is 4.19. The van der Waals surface area contributed by atoms with Gasteiger partial charge in [-0.1, -0.05) is 77.5 Å². The Hall–Kier alpha value is -3.26. The number of carbonyl (C=O) groups excluding carboxylic acids is 4. The van der Waals surface area contributed by atoms with Crippen molar-refractivity contribution < 1.29 is 19.2 Å². The van der Waals surface area contributed by atoms with Crippen molar-refractivity contribution in [3.05, 3.63) is 82.3 Å². The molecule has 0 aromatic heterocycles. The molecule has 7 nitrogen and oxygen atoms in total. The van der Waals surface area contributed by atoms with Gasteiger partial charge < -0.3 is 10.2 Å². The highest BCUT2D eigenvalue weighted by molar-refractivity contribution is 9.10. The monoisotopic (exact) mass is 593 g/mol. The van der Waals surface area contributed by atoms with Crippen LogP contribution in [0.15, 0.2) is 71.2 Å². The third kappa shape index (κ3) is 7.04. The Bertz CT molecular complexity index is 1190. The molecule has 4 rings (SSSR count). The first-order chi connectivity index (χ1) is 18.8. The van der Waals surface area contributed by atoms with E-state index < -0.39 is 6.04 Å². The van der Waals surface area contributed by atoms with Crippen molar-refractivity contribution in [2.45, 2.75) is 64.6 Å². The zero-order chi connectivity index (χ0) is 27.9. The van der Waals surface area contributed by atoms with Crippen LogP contribution in [-0.4, -0.2) is 52.1 Å². The van der Waals surface area contributed by atoms with Gasteiger partial charge in [0.1, 0.15) is 6.04 Å². The van der Waals surface area contributed by atoms with Crippen molar-refractivity contribution in [3.8, 4) is 0 Å². The third-order valence-electron chi connectivity index (χ3n) is 7.69. The van der Waals surface area contributed by atoms with E-state index in [4.69, 9.17) is 0 Å². The second-order valence-electron chi connectivity index (χ2n) is 10.4. The Labute approximate surface area is 238 Å². The van der Waals surface area contributed by atoms with Crippen LogP contribution in [0.5, 0.6) is 0 Å². The maximum atomic E-state index is 13.9. The van der Waals surface area contributed by atoms with Gasteiger partial charge in [0.2, 0.25) is 23.6 Å². The van der Waals surface area contributed by atoms with Crippen LogP contribution < -0.4 is 5.32 Å². The Morgan fingerprint density at radius 2 is 1.59 bits per heavy atom. The average Bonchev–Trinajstić information content (AvgIpc) is 3.19. The van der Waals surface area contributed by atoms with Crippen LogP contribution in [0.25, 0.3) is 0 Å². The van der Waals surface area contributed by atoms with E-state index in [1.807, 2.05) is 80.6 Å². The number of carbonyl (C=O) groups is 4. The van der Waals surface area contributed by atoms with E-state index in [0.29, 0.717) is 19.3 Å². The predicted molar refractivity (Wildman–Crippen MR) is 153 cm³/mol. The molecule has 1 saturated heterocycles. The van der Waals surface area contributed by atoms with E-state index in [0.717, 1.165) is 22.0 Å². The van der Waals surface area contributed by atoms with Gasteiger partial charge in [-0.3, -0.25) is 24.1 Å². The maximum absolute atomic E-state index is 13.9. The van der Waals surface area contributed by atoms with E-state index in [1.165, 1.54) is 4.90 Å². The zero-order valence-corrected chi connectivity index (χ0v) is 24.1. The summed E-state index contributed by atoms with van der Waals surface area (Å²) in [7, 11) is 0. The van der Waals surface area contributed by atoms with Crippen LogP contribution >= 0.6 is 15.9 Å². The van der Waals surface area contributed by atoms with Gasteiger partial charge in [0.15, 0.2) is 0 Å². The summed E-state index contributed by atoms with van der Waals surface area (Å²) in [6, 6.07) is 16.5. The number of rotatable bonds is 11. The average molecular weight is 595 g/mol. The number of nitrogens with zero attached hydrogens (tertiary/aromatic N) is 2. The minimum atomic E-state index is -0.755. The van der Waals surface area contributed by atoms with E-state index >= 15 is 0 Å². The molecular weight excluding hydrogens is 558 g/mol. The molecule has 0 radical (unpaired) electrons. The summed E-state index contributed by atoms with van der Waals surface area (Å²) in [5.74, 6) is -1.54. The molecule has 1 heterocycles. The number of benzene rings is 2. The molecule has 1 fully saturated rings. The summed E-state index contributed by atoms with van der Waals surface area (Å²) >= 11 is 3.45. The van der Waals surface area contributed by atoms with Gasteiger partial charge in [0.25, 0.3) is 0 Å². The van der Waals surface area contributed by atoms with Crippen LogP contribution in [0, 0.1) is 11.8 Å². The number of hydrogen-bond acceptors (Lipinski definition) is 4. The molecule has 0 bridgehead atoms. The number of allylic oxidation sites excluding steroid dienone is 2. The van der Waals surface area contributed by atoms with Gasteiger partial charge in [0.05, 0.1) is 11.8 Å². The lowest BCUT2D eigenvalue weighted by Gasteiger charge is -2.33. The minimum Gasteiger partial charge on any atom is -0.352 e. The Balaban J connectivity index is 1.58. The van der Waals surface area contributed by atoms with Crippen molar-refractivity contribution in [2.75, 3.05) is 6.54 Å². The van der Waals surface area contributed by atoms with Crippen molar-refractivity contribution in [1.29, 1.82) is 0 Å². The Morgan fingerprint density at radius 1 is 0.974 bits per heavy atom. The lowest BCUT2D eigenvalue weighted by Crippen LogP contribution is -2.52. The third-order valence-corrected chi connectivity index (χ3v) is 8.22. The molecule has 1 aliphatic carbocycles. The van der Waals surface area contributed by atoms with Gasteiger partial charge in [0, 0.05) is 36.4 Å². The van der Waals surface area contributed by atoms with E-state index in [2.05, 4.69) is 21.2 Å². The molecule has 4 amide bonds. The second kappa shape index (κ2) is 13.2. The largest absolute Gasteiger partial charge is 0.352 e. The van der Waals surface area contributed by atoms with Crippen LogP contribution in [0.2, 0.25) is 0 Å². The molecule has 206 valence electrons. The molecule has 0 spiro atoms. The smallest absolute Gasteiger partial charge is 0.243 e. The number of fused-ring (bicyclic) bond motifs is 1. The van der Waals surface area contributed by atoms with Crippen molar-refractivity contribution in [3.63, 3.8) is 0 Å². The molecule has 39 heavy (non-hydrogen) atoms. The summed E-state index contributed by atoms with van der Waals surface area (Å²) in [5.41, 5.74) is 1.82. The highest BCUT2D eigenvalue weighted by Gasteiger charge is 2.47. The number of imide groups is 1. The maximum Gasteiger partial charge on any atom is 0.243 e. The molecule has 1 aliphatic heterocycles. The molecule has 2 aliphatic rings. The summed E-state index contributed by atoms with van der Waals surface area (Å²) in [6.07, 6.45) is 6.09. The first kappa shape index (κ1) is 28.7. The van der Waals surface area contributed by atoms with Gasteiger partial charge in [-0.15, -0.1) is 0 Å². The quantitative estimate of drug-likeness (QED) is 0.303. The summed E-state index contributed by atoms with van der Waals surface area (Å²) < 4.78 is 0.918. The number of hydrogen-bond donors (Lipinski definition) is 1. The van der Waals surface area contributed by atoms with Crippen LogP contribution in [0.3, 0.4) is 0 Å². The number of halogens is 1.